The minimum absolute atomic E-state index is 0.305. The number of pyridine rings is 1. The van der Waals surface area contributed by atoms with Crippen LogP contribution in [-0.2, 0) is 6.54 Å². The number of aromatic nitrogens is 1. The van der Waals surface area contributed by atoms with Crippen LogP contribution >= 0.6 is 0 Å². The molecule has 100 valence electrons. The molecular weight excluding hydrogens is 236 g/mol. The van der Waals surface area contributed by atoms with Crippen LogP contribution < -0.4 is 5.32 Å². The van der Waals surface area contributed by atoms with E-state index in [4.69, 9.17) is 5.11 Å². The van der Waals surface area contributed by atoms with Crippen molar-refractivity contribution in [3.8, 4) is 0 Å². The Morgan fingerprint density at radius 3 is 2.84 bits per heavy atom. The maximum atomic E-state index is 9.06. The van der Waals surface area contributed by atoms with Gasteiger partial charge in [0.2, 0.25) is 0 Å². The second-order valence-corrected chi connectivity index (χ2v) is 5.56. The van der Waals surface area contributed by atoms with E-state index in [1.807, 2.05) is 18.3 Å². The number of aliphatic hydroxyl groups excluding tert-OH is 1. The summed E-state index contributed by atoms with van der Waals surface area (Å²) in [5, 5.41) is 13.8. The molecule has 0 radical (unpaired) electrons. The summed E-state index contributed by atoms with van der Waals surface area (Å²) in [5.41, 5.74) is 2.72. The molecule has 3 nitrogen and oxygen atoms in total. The largest absolute Gasteiger partial charge is 0.396 e. The van der Waals surface area contributed by atoms with Gasteiger partial charge in [0.05, 0.1) is 5.52 Å². The minimum atomic E-state index is 0.305. The first kappa shape index (κ1) is 12.6. The Hall–Kier alpha value is -1.45. The summed E-state index contributed by atoms with van der Waals surface area (Å²) in [4.78, 5) is 4.38. The van der Waals surface area contributed by atoms with Crippen molar-refractivity contribution >= 4 is 10.9 Å². The lowest BCUT2D eigenvalue weighted by molar-refractivity contribution is 0.245. The fraction of sp³-hybridized carbons (Fsp3) is 0.438. The maximum absolute atomic E-state index is 9.06. The Bertz CT molecular complexity index is 558. The van der Waals surface area contributed by atoms with Crippen molar-refractivity contribution < 1.29 is 5.11 Å². The van der Waals surface area contributed by atoms with Crippen molar-refractivity contribution in [2.24, 2.45) is 5.41 Å². The average molecular weight is 256 g/mol. The van der Waals surface area contributed by atoms with Gasteiger partial charge in [-0.2, -0.15) is 0 Å². The summed E-state index contributed by atoms with van der Waals surface area (Å²) in [6.45, 7) is 2.18. The minimum Gasteiger partial charge on any atom is -0.396 e. The van der Waals surface area contributed by atoms with Crippen molar-refractivity contribution in [2.45, 2.75) is 25.8 Å². The molecule has 0 atom stereocenters. The molecule has 0 unspecified atom stereocenters. The number of aliphatic hydroxyl groups is 1. The van der Waals surface area contributed by atoms with Gasteiger partial charge in [0.15, 0.2) is 0 Å². The van der Waals surface area contributed by atoms with Gasteiger partial charge in [-0.25, -0.2) is 0 Å². The number of nitrogens with zero attached hydrogens (tertiary/aromatic N) is 1. The lowest BCUT2D eigenvalue weighted by Gasteiger charge is -2.15. The molecule has 0 aliphatic heterocycles. The van der Waals surface area contributed by atoms with Crippen LogP contribution in [0, 0.1) is 5.41 Å². The monoisotopic (exact) mass is 256 g/mol. The molecule has 1 heterocycles. The first-order valence-electron chi connectivity index (χ1n) is 6.97. The maximum Gasteiger partial charge on any atom is 0.0705 e. The van der Waals surface area contributed by atoms with Crippen LogP contribution in [0.5, 0.6) is 0 Å². The Labute approximate surface area is 113 Å². The first-order valence-corrected chi connectivity index (χ1v) is 6.97. The molecule has 1 aromatic heterocycles. The topological polar surface area (TPSA) is 45.1 Å². The molecule has 2 N–H and O–H groups in total. The van der Waals surface area contributed by atoms with Gasteiger partial charge >= 0.3 is 0 Å². The highest BCUT2D eigenvalue weighted by atomic mass is 16.3. The summed E-state index contributed by atoms with van der Waals surface area (Å²) >= 11 is 0. The molecule has 0 saturated heterocycles. The highest BCUT2D eigenvalue weighted by Gasteiger charge is 2.41. The molecular formula is C16H20N2O. The third-order valence-corrected chi connectivity index (χ3v) is 4.15. The fourth-order valence-electron chi connectivity index (χ4n) is 2.70. The number of benzene rings is 1. The number of fused-ring (bicyclic) bond motifs is 1. The zero-order valence-electron chi connectivity index (χ0n) is 11.1. The molecule has 0 spiro atoms. The van der Waals surface area contributed by atoms with Crippen LogP contribution in [-0.4, -0.2) is 23.2 Å². The normalized spacial score (nSPS) is 16.7. The lowest BCUT2D eigenvalue weighted by atomic mass is 10.0. The van der Waals surface area contributed by atoms with Gasteiger partial charge in [0, 0.05) is 31.3 Å². The summed E-state index contributed by atoms with van der Waals surface area (Å²) < 4.78 is 0. The van der Waals surface area contributed by atoms with E-state index in [0.717, 1.165) is 25.0 Å². The van der Waals surface area contributed by atoms with E-state index < -0.39 is 0 Å². The van der Waals surface area contributed by atoms with E-state index >= 15 is 0 Å². The van der Waals surface area contributed by atoms with Crippen molar-refractivity contribution in [3.05, 3.63) is 42.1 Å². The Kier molecular flexibility index (Phi) is 3.49. The van der Waals surface area contributed by atoms with Crippen molar-refractivity contribution in [2.75, 3.05) is 13.2 Å². The number of hydrogen-bond acceptors (Lipinski definition) is 3. The second-order valence-electron chi connectivity index (χ2n) is 5.56. The van der Waals surface area contributed by atoms with Crippen LogP contribution in [0.1, 0.15) is 24.8 Å². The third kappa shape index (κ3) is 2.77. The molecule has 19 heavy (non-hydrogen) atoms. The molecule has 1 fully saturated rings. The van der Waals surface area contributed by atoms with Crippen LogP contribution in [0.2, 0.25) is 0 Å². The molecule has 3 heteroatoms. The van der Waals surface area contributed by atoms with E-state index in [1.165, 1.54) is 23.8 Å². The molecule has 1 aliphatic carbocycles. The van der Waals surface area contributed by atoms with Crippen LogP contribution in [0.3, 0.4) is 0 Å². The lowest BCUT2D eigenvalue weighted by Crippen LogP contribution is -2.24. The zero-order valence-corrected chi connectivity index (χ0v) is 11.1. The third-order valence-electron chi connectivity index (χ3n) is 4.15. The quantitative estimate of drug-likeness (QED) is 0.834. The predicted octanol–water partition coefficient (Wildman–Crippen LogP) is 2.49. The standard InChI is InChI=1S/C16H20N2O/c19-10-8-16(6-7-16)12-17-11-13-5-9-18-15-4-2-1-3-14(13)15/h1-5,9,17,19H,6-8,10-12H2. The van der Waals surface area contributed by atoms with E-state index in [0.29, 0.717) is 12.0 Å². The van der Waals surface area contributed by atoms with E-state index in [-0.39, 0.29) is 0 Å². The number of para-hydroxylation sites is 1. The van der Waals surface area contributed by atoms with Gasteiger partial charge in [-0.1, -0.05) is 18.2 Å². The Balaban J connectivity index is 1.66. The van der Waals surface area contributed by atoms with E-state index in [2.05, 4.69) is 28.5 Å². The molecule has 3 rings (SSSR count). The van der Waals surface area contributed by atoms with Crippen LogP contribution in [0.4, 0.5) is 0 Å². The number of nitrogens with one attached hydrogen (secondary N) is 1. The van der Waals surface area contributed by atoms with Crippen molar-refractivity contribution in [3.63, 3.8) is 0 Å². The van der Waals surface area contributed by atoms with Gasteiger partial charge in [-0.15, -0.1) is 0 Å². The molecule has 1 aromatic carbocycles. The van der Waals surface area contributed by atoms with E-state index in [1.54, 1.807) is 0 Å². The highest BCUT2D eigenvalue weighted by Crippen LogP contribution is 2.47. The number of hydrogen-bond donors (Lipinski definition) is 2. The van der Waals surface area contributed by atoms with Crippen molar-refractivity contribution in [1.82, 2.24) is 10.3 Å². The van der Waals surface area contributed by atoms with Gasteiger partial charge in [0.1, 0.15) is 0 Å². The average Bonchev–Trinajstić information content (AvgIpc) is 3.19. The first-order chi connectivity index (χ1) is 9.33. The van der Waals surface area contributed by atoms with Gasteiger partial charge in [-0.05, 0) is 42.4 Å². The van der Waals surface area contributed by atoms with Gasteiger partial charge in [-0.3, -0.25) is 4.98 Å². The SMILES string of the molecule is OCCC1(CNCc2ccnc3ccccc23)CC1. The Morgan fingerprint density at radius 1 is 1.21 bits per heavy atom. The molecule has 2 aromatic rings. The summed E-state index contributed by atoms with van der Waals surface area (Å²) in [6, 6.07) is 10.3. The molecule has 1 aliphatic rings. The van der Waals surface area contributed by atoms with Crippen LogP contribution in [0.25, 0.3) is 10.9 Å². The Morgan fingerprint density at radius 2 is 2.05 bits per heavy atom. The summed E-state index contributed by atoms with van der Waals surface area (Å²) in [6.07, 6.45) is 5.30. The highest BCUT2D eigenvalue weighted by molar-refractivity contribution is 5.81. The second kappa shape index (κ2) is 5.27. The molecule has 0 bridgehead atoms. The van der Waals surface area contributed by atoms with Gasteiger partial charge in [0.25, 0.3) is 0 Å². The van der Waals surface area contributed by atoms with Gasteiger partial charge < -0.3 is 10.4 Å². The fourth-order valence-corrected chi connectivity index (χ4v) is 2.70. The van der Waals surface area contributed by atoms with Crippen LogP contribution in [0.15, 0.2) is 36.5 Å². The molecule has 1 saturated carbocycles. The molecule has 0 amide bonds. The zero-order chi connectivity index (χ0) is 13.1. The summed E-state index contributed by atoms with van der Waals surface area (Å²) in [5.74, 6) is 0. The van der Waals surface area contributed by atoms with E-state index in [9.17, 15) is 0 Å². The van der Waals surface area contributed by atoms with Crippen molar-refractivity contribution in [1.29, 1.82) is 0 Å². The predicted molar refractivity (Wildman–Crippen MR) is 76.8 cm³/mol. The smallest absolute Gasteiger partial charge is 0.0705 e. The number of rotatable bonds is 6. The summed E-state index contributed by atoms with van der Waals surface area (Å²) in [7, 11) is 0.